The molecule has 0 aliphatic heterocycles. The first-order valence-electron chi connectivity index (χ1n) is 7.55. The van der Waals surface area contributed by atoms with Gasteiger partial charge in [0.05, 0.1) is 5.41 Å². The van der Waals surface area contributed by atoms with Gasteiger partial charge in [0, 0.05) is 38.4 Å². The highest BCUT2D eigenvalue weighted by Crippen LogP contribution is 2.28. The van der Waals surface area contributed by atoms with E-state index >= 15 is 0 Å². The third-order valence-electron chi connectivity index (χ3n) is 3.92. The van der Waals surface area contributed by atoms with Crippen molar-refractivity contribution in [3.05, 3.63) is 18.0 Å². The molecule has 1 amide bonds. The van der Waals surface area contributed by atoms with E-state index in [1.807, 2.05) is 17.8 Å². The molecule has 1 aromatic heterocycles. The summed E-state index contributed by atoms with van der Waals surface area (Å²) in [5, 5.41) is 7.17. The van der Waals surface area contributed by atoms with Crippen molar-refractivity contribution in [3.8, 4) is 0 Å². The molecule has 0 aliphatic rings. The SMILES string of the molecule is CCCC(CN)(CCC)C(=O)NCCc1ccnn1C. The lowest BCUT2D eigenvalue weighted by Gasteiger charge is -2.30. The molecule has 0 spiro atoms. The van der Waals surface area contributed by atoms with Gasteiger partial charge in [-0.2, -0.15) is 5.10 Å². The van der Waals surface area contributed by atoms with Crippen molar-refractivity contribution in [2.24, 2.45) is 18.2 Å². The maximum Gasteiger partial charge on any atom is 0.227 e. The Balaban J connectivity index is 2.55. The number of amides is 1. The topological polar surface area (TPSA) is 72.9 Å². The quantitative estimate of drug-likeness (QED) is 0.722. The van der Waals surface area contributed by atoms with Gasteiger partial charge in [-0.3, -0.25) is 9.48 Å². The van der Waals surface area contributed by atoms with E-state index in [1.165, 1.54) is 0 Å². The number of carbonyl (C=O) groups is 1. The summed E-state index contributed by atoms with van der Waals surface area (Å²) in [6, 6.07) is 1.97. The molecule has 0 atom stereocenters. The van der Waals surface area contributed by atoms with E-state index < -0.39 is 5.41 Å². The zero-order chi connectivity index (χ0) is 15.0. The summed E-state index contributed by atoms with van der Waals surface area (Å²) in [6.45, 7) is 5.26. The number of hydrogen-bond donors (Lipinski definition) is 2. The Hall–Kier alpha value is -1.36. The summed E-state index contributed by atoms with van der Waals surface area (Å²) in [5.74, 6) is 0.103. The van der Waals surface area contributed by atoms with Crippen LogP contribution in [0.5, 0.6) is 0 Å². The van der Waals surface area contributed by atoms with E-state index in [9.17, 15) is 4.79 Å². The summed E-state index contributed by atoms with van der Waals surface area (Å²) >= 11 is 0. The fourth-order valence-corrected chi connectivity index (χ4v) is 2.74. The lowest BCUT2D eigenvalue weighted by molar-refractivity contribution is -0.131. The van der Waals surface area contributed by atoms with Gasteiger partial charge in [-0.1, -0.05) is 26.7 Å². The van der Waals surface area contributed by atoms with E-state index in [4.69, 9.17) is 5.73 Å². The number of nitrogens with one attached hydrogen (secondary N) is 1. The summed E-state index contributed by atoms with van der Waals surface area (Å²) in [6.07, 6.45) is 6.24. The molecular formula is C15H28N4O. The van der Waals surface area contributed by atoms with Gasteiger partial charge >= 0.3 is 0 Å². The number of nitrogens with two attached hydrogens (primary N) is 1. The van der Waals surface area contributed by atoms with E-state index in [-0.39, 0.29) is 5.91 Å². The fraction of sp³-hybridized carbons (Fsp3) is 0.733. The molecule has 0 radical (unpaired) electrons. The predicted molar refractivity (Wildman–Crippen MR) is 81.2 cm³/mol. The number of aromatic nitrogens is 2. The van der Waals surface area contributed by atoms with E-state index in [1.54, 1.807) is 6.20 Å². The van der Waals surface area contributed by atoms with Gasteiger partial charge < -0.3 is 11.1 Å². The molecular weight excluding hydrogens is 252 g/mol. The highest BCUT2D eigenvalue weighted by molar-refractivity contribution is 5.82. The van der Waals surface area contributed by atoms with Crippen LogP contribution in [0.15, 0.2) is 12.3 Å². The molecule has 1 aromatic rings. The predicted octanol–water partition coefficient (Wildman–Crippen LogP) is 1.62. The van der Waals surface area contributed by atoms with Gasteiger partial charge in [0.2, 0.25) is 5.91 Å². The fourth-order valence-electron chi connectivity index (χ4n) is 2.74. The Morgan fingerprint density at radius 3 is 2.50 bits per heavy atom. The molecule has 0 aliphatic carbocycles. The monoisotopic (exact) mass is 280 g/mol. The van der Waals surface area contributed by atoms with E-state index in [0.29, 0.717) is 13.1 Å². The van der Waals surface area contributed by atoms with Crippen LogP contribution in [-0.2, 0) is 18.3 Å². The van der Waals surface area contributed by atoms with Crippen LogP contribution in [0.1, 0.15) is 45.2 Å². The van der Waals surface area contributed by atoms with Crippen molar-refractivity contribution in [2.45, 2.75) is 46.0 Å². The normalized spacial score (nSPS) is 11.6. The smallest absolute Gasteiger partial charge is 0.227 e. The number of rotatable bonds is 9. The summed E-state index contributed by atoms with van der Waals surface area (Å²) < 4.78 is 1.83. The van der Waals surface area contributed by atoms with Crippen molar-refractivity contribution in [1.29, 1.82) is 0 Å². The minimum atomic E-state index is -0.393. The molecule has 5 heteroatoms. The molecule has 0 unspecified atom stereocenters. The largest absolute Gasteiger partial charge is 0.355 e. The minimum absolute atomic E-state index is 0.103. The van der Waals surface area contributed by atoms with Crippen molar-refractivity contribution >= 4 is 5.91 Å². The summed E-state index contributed by atoms with van der Waals surface area (Å²) in [4.78, 5) is 12.5. The average molecular weight is 280 g/mol. The molecule has 0 saturated heterocycles. The molecule has 1 heterocycles. The van der Waals surface area contributed by atoms with Gasteiger partial charge in [-0.05, 0) is 18.9 Å². The molecule has 20 heavy (non-hydrogen) atoms. The number of aryl methyl sites for hydroxylation is 1. The molecule has 0 aromatic carbocycles. The van der Waals surface area contributed by atoms with Crippen molar-refractivity contribution in [1.82, 2.24) is 15.1 Å². The highest BCUT2D eigenvalue weighted by Gasteiger charge is 2.34. The lowest BCUT2D eigenvalue weighted by Crippen LogP contribution is -2.46. The van der Waals surface area contributed by atoms with Crippen LogP contribution in [0.2, 0.25) is 0 Å². The standard InChI is InChI=1S/C15H28N4O/c1-4-8-15(12-16,9-5-2)14(20)17-10-6-13-7-11-18-19(13)3/h7,11H,4-6,8-10,12,16H2,1-3H3,(H,17,20). The molecule has 0 bridgehead atoms. The van der Waals surface area contributed by atoms with Gasteiger partial charge in [-0.25, -0.2) is 0 Å². The first-order chi connectivity index (χ1) is 9.59. The van der Waals surface area contributed by atoms with Gasteiger partial charge in [0.15, 0.2) is 0 Å². The average Bonchev–Trinajstić information content (AvgIpc) is 2.84. The lowest BCUT2D eigenvalue weighted by atomic mass is 9.78. The molecule has 114 valence electrons. The van der Waals surface area contributed by atoms with E-state index in [0.717, 1.165) is 37.8 Å². The van der Waals surface area contributed by atoms with Crippen LogP contribution in [0, 0.1) is 5.41 Å². The number of nitrogens with zero attached hydrogens (tertiary/aromatic N) is 2. The molecule has 0 saturated carbocycles. The van der Waals surface area contributed by atoms with Crippen molar-refractivity contribution in [3.63, 3.8) is 0 Å². The maximum absolute atomic E-state index is 12.5. The van der Waals surface area contributed by atoms with Gasteiger partial charge in [0.1, 0.15) is 0 Å². The zero-order valence-electron chi connectivity index (χ0n) is 13.0. The van der Waals surface area contributed by atoms with Crippen LogP contribution in [-0.4, -0.2) is 28.8 Å². The second kappa shape index (κ2) is 8.04. The number of carbonyl (C=O) groups excluding carboxylic acids is 1. The van der Waals surface area contributed by atoms with Crippen molar-refractivity contribution in [2.75, 3.05) is 13.1 Å². The minimum Gasteiger partial charge on any atom is -0.355 e. The van der Waals surface area contributed by atoms with Crippen molar-refractivity contribution < 1.29 is 4.79 Å². The first kappa shape index (κ1) is 16.7. The van der Waals surface area contributed by atoms with Crippen LogP contribution in [0.3, 0.4) is 0 Å². The van der Waals surface area contributed by atoms with Gasteiger partial charge in [-0.15, -0.1) is 0 Å². The number of hydrogen-bond acceptors (Lipinski definition) is 3. The molecule has 3 N–H and O–H groups in total. The second-order valence-corrected chi connectivity index (χ2v) is 5.44. The Labute approximate surface area is 121 Å². The van der Waals surface area contributed by atoms with Gasteiger partial charge in [0.25, 0.3) is 0 Å². The van der Waals surface area contributed by atoms with Crippen LogP contribution in [0.4, 0.5) is 0 Å². The zero-order valence-corrected chi connectivity index (χ0v) is 13.0. The Morgan fingerprint density at radius 1 is 1.40 bits per heavy atom. The Bertz CT molecular complexity index is 408. The second-order valence-electron chi connectivity index (χ2n) is 5.44. The first-order valence-corrected chi connectivity index (χ1v) is 7.55. The third-order valence-corrected chi connectivity index (χ3v) is 3.92. The summed E-state index contributed by atoms with van der Waals surface area (Å²) in [5.41, 5.74) is 6.62. The van der Waals surface area contributed by atoms with Crippen LogP contribution < -0.4 is 11.1 Å². The maximum atomic E-state index is 12.5. The highest BCUT2D eigenvalue weighted by atomic mass is 16.2. The molecule has 5 nitrogen and oxygen atoms in total. The van der Waals surface area contributed by atoms with Crippen LogP contribution in [0.25, 0.3) is 0 Å². The van der Waals surface area contributed by atoms with Crippen LogP contribution >= 0.6 is 0 Å². The molecule has 1 rings (SSSR count). The Morgan fingerprint density at radius 2 is 2.05 bits per heavy atom. The molecule has 0 fully saturated rings. The van der Waals surface area contributed by atoms with E-state index in [2.05, 4.69) is 24.3 Å². The Kier molecular flexibility index (Phi) is 6.71. The third kappa shape index (κ3) is 4.07. The summed E-state index contributed by atoms with van der Waals surface area (Å²) in [7, 11) is 1.91.